The molecule has 1 fully saturated rings. The third-order valence-electron chi connectivity index (χ3n) is 7.89. The lowest BCUT2D eigenvalue weighted by Gasteiger charge is -2.29. The number of hydrogen-bond acceptors (Lipinski definition) is 8. The fourth-order valence-electron chi connectivity index (χ4n) is 5.54. The molecule has 0 saturated carbocycles. The van der Waals surface area contributed by atoms with E-state index in [9.17, 15) is 13.2 Å². The van der Waals surface area contributed by atoms with Gasteiger partial charge in [-0.05, 0) is 107 Å². The first-order valence-corrected chi connectivity index (χ1v) is 16.3. The Morgan fingerprint density at radius 2 is 1.70 bits per heavy atom. The van der Waals surface area contributed by atoms with Gasteiger partial charge in [0.05, 0.1) is 10.6 Å². The molecule has 8 N–H and O–H groups in total. The summed E-state index contributed by atoms with van der Waals surface area (Å²) >= 11 is 0. The Morgan fingerprint density at radius 3 is 2.35 bits per heavy atom. The van der Waals surface area contributed by atoms with E-state index in [1.165, 1.54) is 17.0 Å². The lowest BCUT2D eigenvalue weighted by molar-refractivity contribution is 0.244. The van der Waals surface area contributed by atoms with Crippen molar-refractivity contribution in [2.45, 2.75) is 49.3 Å². The van der Waals surface area contributed by atoms with Crippen LogP contribution in [-0.2, 0) is 16.6 Å². The van der Waals surface area contributed by atoms with E-state index in [-0.39, 0.29) is 22.5 Å². The van der Waals surface area contributed by atoms with Gasteiger partial charge in [-0.1, -0.05) is 12.1 Å². The molecule has 3 heterocycles. The molecule has 3 aliphatic rings. The van der Waals surface area contributed by atoms with E-state index in [2.05, 4.69) is 25.6 Å². The highest BCUT2D eigenvalue weighted by Gasteiger charge is 2.32. The highest BCUT2D eigenvalue weighted by atomic mass is 32.2. The summed E-state index contributed by atoms with van der Waals surface area (Å²) in [5.74, 6) is -0.670. The molecule has 0 aromatic heterocycles. The summed E-state index contributed by atoms with van der Waals surface area (Å²) in [5, 5.41) is 9.24. The third-order valence-corrected chi connectivity index (χ3v) is 9.41. The van der Waals surface area contributed by atoms with Crippen molar-refractivity contribution < 1.29 is 17.6 Å². The first-order chi connectivity index (χ1) is 20.8. The number of nitrogens with one attached hydrogen (secondary N) is 4. The minimum Gasteiger partial charge on any atom is -0.361 e. The average molecular weight is 613 g/mol. The minimum atomic E-state index is -3.85. The van der Waals surface area contributed by atoms with Crippen molar-refractivity contribution in [2.75, 3.05) is 44.2 Å². The Hall–Kier alpha value is -3.33. The number of nitrogens with zero attached hydrogens (tertiary/aromatic N) is 2. The van der Waals surface area contributed by atoms with Gasteiger partial charge in [-0.15, -0.1) is 0 Å². The lowest BCUT2D eigenvalue weighted by Crippen LogP contribution is -2.51. The summed E-state index contributed by atoms with van der Waals surface area (Å²) < 4.78 is 43.6. The maximum atomic E-state index is 15.3. The number of anilines is 1. The van der Waals surface area contributed by atoms with Gasteiger partial charge in [0, 0.05) is 35.6 Å². The first-order valence-electron chi connectivity index (χ1n) is 14.8. The molecular weight excluding hydrogens is 571 g/mol. The normalized spacial score (nSPS) is 19.1. The summed E-state index contributed by atoms with van der Waals surface area (Å²) in [6.07, 6.45) is 6.16. The number of benzene rings is 2. The molecule has 0 spiro atoms. The van der Waals surface area contributed by atoms with Gasteiger partial charge in [-0.3, -0.25) is 9.80 Å². The van der Waals surface area contributed by atoms with Crippen LogP contribution >= 0.6 is 0 Å². The monoisotopic (exact) mass is 612 g/mol. The van der Waals surface area contributed by atoms with Crippen molar-refractivity contribution in [3.63, 3.8) is 0 Å². The van der Waals surface area contributed by atoms with Crippen molar-refractivity contribution in [1.82, 2.24) is 25.6 Å². The molecular formula is C30H41FN8O3S. The Morgan fingerprint density at radius 1 is 1.00 bits per heavy atom. The van der Waals surface area contributed by atoms with E-state index in [0.717, 1.165) is 62.8 Å². The summed E-state index contributed by atoms with van der Waals surface area (Å²) in [7, 11) is -3.85. The summed E-state index contributed by atoms with van der Waals surface area (Å²) in [4.78, 5) is 16.7. The number of rotatable bonds is 13. The molecule has 2 aromatic carbocycles. The smallest absolute Gasteiger partial charge is 0.327 e. The van der Waals surface area contributed by atoms with Crippen molar-refractivity contribution in [2.24, 2.45) is 11.5 Å². The minimum absolute atomic E-state index is 0.118. The number of carbonyl (C=O) groups excluding carboxylic acids is 1. The number of fused-ring (bicyclic) bond motifs is 1. The van der Waals surface area contributed by atoms with E-state index in [1.807, 2.05) is 24.3 Å². The van der Waals surface area contributed by atoms with Crippen LogP contribution in [0.4, 0.5) is 14.9 Å². The first kappa shape index (κ1) is 31.1. The van der Waals surface area contributed by atoms with Gasteiger partial charge in [-0.2, -0.15) is 0 Å². The van der Waals surface area contributed by atoms with Crippen LogP contribution in [0.2, 0.25) is 0 Å². The average Bonchev–Trinajstić information content (AvgIpc) is 3.41. The Kier molecular flexibility index (Phi) is 10.1. The van der Waals surface area contributed by atoms with Crippen molar-refractivity contribution in [1.29, 1.82) is 0 Å². The zero-order valence-electron chi connectivity index (χ0n) is 24.2. The van der Waals surface area contributed by atoms with Crippen LogP contribution in [0.3, 0.4) is 0 Å². The Balaban J connectivity index is 1.28. The number of sulfonamides is 1. The molecule has 1 atom stereocenters. The van der Waals surface area contributed by atoms with E-state index in [1.54, 1.807) is 12.3 Å². The van der Waals surface area contributed by atoms with Crippen molar-refractivity contribution in [3.05, 3.63) is 77.3 Å². The summed E-state index contributed by atoms with van der Waals surface area (Å²) in [6.45, 7) is 5.32. The molecule has 0 bridgehead atoms. The highest BCUT2D eigenvalue weighted by Crippen LogP contribution is 2.30. The quantitative estimate of drug-likeness (QED) is 0.200. The number of piperidine rings is 1. The third kappa shape index (κ3) is 7.61. The summed E-state index contributed by atoms with van der Waals surface area (Å²) in [6, 6.07) is 11.2. The number of amides is 2. The number of urea groups is 1. The maximum Gasteiger partial charge on any atom is 0.327 e. The molecule has 43 heavy (non-hydrogen) atoms. The topological polar surface area (TPSA) is 158 Å². The van der Waals surface area contributed by atoms with Gasteiger partial charge in [0.2, 0.25) is 10.0 Å². The van der Waals surface area contributed by atoms with Crippen LogP contribution in [0.25, 0.3) is 5.70 Å². The van der Waals surface area contributed by atoms with Gasteiger partial charge in [-0.25, -0.2) is 22.3 Å². The summed E-state index contributed by atoms with van der Waals surface area (Å²) in [5.41, 5.74) is 14.6. The van der Waals surface area contributed by atoms with Crippen LogP contribution in [0.5, 0.6) is 0 Å². The number of carbonyl (C=O) groups is 1. The second kappa shape index (κ2) is 14.0. The van der Waals surface area contributed by atoms with Crippen LogP contribution in [0.15, 0.2) is 65.2 Å². The fraction of sp³-hybridized carbons (Fsp3) is 0.433. The molecule has 1 unspecified atom stereocenters. The van der Waals surface area contributed by atoms with Gasteiger partial charge >= 0.3 is 6.03 Å². The van der Waals surface area contributed by atoms with Gasteiger partial charge < -0.3 is 27.4 Å². The van der Waals surface area contributed by atoms with Gasteiger partial charge in [0.15, 0.2) is 0 Å². The molecule has 2 aromatic rings. The molecule has 13 heteroatoms. The largest absolute Gasteiger partial charge is 0.361 e. The molecule has 0 aliphatic carbocycles. The highest BCUT2D eigenvalue weighted by molar-refractivity contribution is 7.89. The molecule has 11 nitrogen and oxygen atoms in total. The van der Waals surface area contributed by atoms with Crippen LogP contribution in [-0.4, -0.2) is 70.8 Å². The Bertz CT molecular complexity index is 1450. The van der Waals surface area contributed by atoms with Crippen LogP contribution in [0, 0.1) is 5.82 Å². The van der Waals surface area contributed by atoms with Gasteiger partial charge in [0.25, 0.3) is 0 Å². The zero-order chi connectivity index (χ0) is 30.4. The van der Waals surface area contributed by atoms with Crippen molar-refractivity contribution in [3.8, 4) is 0 Å². The molecule has 3 aliphatic heterocycles. The zero-order valence-corrected chi connectivity index (χ0v) is 25.0. The molecule has 5 rings (SSSR count). The fourth-order valence-corrected chi connectivity index (χ4v) is 6.85. The molecule has 232 valence electrons. The molecule has 2 amide bonds. The van der Waals surface area contributed by atoms with E-state index >= 15 is 4.39 Å². The number of nitrogens with two attached hydrogens (primary N) is 2. The molecule has 1 saturated heterocycles. The SMILES string of the molecule is NCCCN(CCCN)Cc1ccc(N2C=C3C=C(c4ccc(S(=O)(=O)NC5CCNCC5)cc4F)NC3NC2=O)cc1. The predicted molar refractivity (Wildman–Crippen MR) is 166 cm³/mol. The number of hydrogen-bond donors (Lipinski definition) is 6. The maximum absolute atomic E-state index is 15.3. The van der Waals surface area contributed by atoms with Crippen LogP contribution in [0.1, 0.15) is 36.8 Å². The Labute approximate surface area is 252 Å². The lowest BCUT2D eigenvalue weighted by atomic mass is 10.1. The van der Waals surface area contributed by atoms with Gasteiger partial charge in [0.1, 0.15) is 12.0 Å². The standard InChI is InChI=1S/C30H41FN8O3S/c31-27-18-25(43(41,42)37-23-9-13-34-14-10-23)7-8-26(27)28-17-22-20-39(30(40)36-29(22)35-28)24-5-3-21(4-6-24)19-38(15-1-11-32)16-2-12-33/h3-8,17-18,20,23,29,34-35,37H,1-2,9-16,19,32-33H2,(H,36,40). The van der Waals surface area contributed by atoms with Crippen LogP contribution < -0.4 is 37.0 Å². The van der Waals surface area contributed by atoms with Crippen molar-refractivity contribution >= 4 is 27.4 Å². The van der Waals surface area contributed by atoms with E-state index in [0.29, 0.717) is 37.3 Å². The predicted octanol–water partition coefficient (Wildman–Crippen LogP) is 1.74. The van der Waals surface area contributed by atoms with E-state index < -0.39 is 22.0 Å². The molecule has 0 radical (unpaired) electrons. The number of halogens is 1. The second-order valence-electron chi connectivity index (χ2n) is 11.1. The van der Waals surface area contributed by atoms with E-state index in [4.69, 9.17) is 11.5 Å². The second-order valence-corrected chi connectivity index (χ2v) is 12.8.